The molecule has 1 amide bonds. The quantitative estimate of drug-likeness (QED) is 0.813. The van der Waals surface area contributed by atoms with Crippen LogP contribution in [0, 0.1) is 5.82 Å². The van der Waals surface area contributed by atoms with Gasteiger partial charge in [-0.15, -0.1) is 0 Å². The summed E-state index contributed by atoms with van der Waals surface area (Å²) in [5.74, 6) is -0.253. The van der Waals surface area contributed by atoms with Crippen molar-refractivity contribution in [2.45, 2.75) is 26.2 Å². The zero-order valence-electron chi connectivity index (χ0n) is 13.1. The molecule has 0 unspecified atom stereocenters. The monoisotopic (exact) mass is 330 g/mol. The summed E-state index contributed by atoms with van der Waals surface area (Å²) in [6.45, 7) is 4.33. The van der Waals surface area contributed by atoms with Crippen molar-refractivity contribution in [3.63, 3.8) is 0 Å². The van der Waals surface area contributed by atoms with E-state index in [2.05, 4.69) is 24.5 Å². The highest BCUT2D eigenvalue weighted by molar-refractivity contribution is 7.80. The van der Waals surface area contributed by atoms with Crippen molar-refractivity contribution in [3.8, 4) is 0 Å². The number of hydrogen-bond donors (Lipinski definition) is 2. The second kappa shape index (κ2) is 7.83. The van der Waals surface area contributed by atoms with E-state index in [1.165, 1.54) is 29.8 Å². The fraction of sp³-hybridized carbons (Fsp3) is 0.222. The highest BCUT2D eigenvalue weighted by Gasteiger charge is 2.08. The van der Waals surface area contributed by atoms with E-state index in [0.29, 0.717) is 11.5 Å². The Kier molecular flexibility index (Phi) is 5.82. The van der Waals surface area contributed by atoms with Crippen LogP contribution in [0.3, 0.4) is 0 Å². The highest BCUT2D eigenvalue weighted by Crippen LogP contribution is 2.20. The van der Waals surface area contributed by atoms with Gasteiger partial charge in [0.15, 0.2) is 5.11 Å². The van der Waals surface area contributed by atoms with Gasteiger partial charge in [-0.2, -0.15) is 0 Å². The minimum absolute atomic E-state index is 0.204. The average Bonchev–Trinajstić information content (AvgIpc) is 2.55. The normalized spacial score (nSPS) is 11.6. The van der Waals surface area contributed by atoms with Crippen LogP contribution in [-0.4, -0.2) is 11.0 Å². The number of halogens is 1. The Morgan fingerprint density at radius 2 is 1.74 bits per heavy atom. The molecule has 0 aliphatic heterocycles. The third kappa shape index (κ3) is 4.86. The number of thiocarbonyl (C=S) groups is 1. The molecule has 0 saturated carbocycles. The summed E-state index contributed by atoms with van der Waals surface area (Å²) in [7, 11) is 0. The number of benzene rings is 2. The summed E-state index contributed by atoms with van der Waals surface area (Å²) in [5.41, 5.74) is 2.42. The van der Waals surface area contributed by atoms with Gasteiger partial charge >= 0.3 is 0 Å². The van der Waals surface area contributed by atoms with Crippen LogP contribution in [0.5, 0.6) is 0 Å². The molecule has 0 heterocycles. The van der Waals surface area contributed by atoms with E-state index in [1.54, 1.807) is 0 Å². The summed E-state index contributed by atoms with van der Waals surface area (Å²) in [4.78, 5) is 12.0. The summed E-state index contributed by atoms with van der Waals surface area (Å²) in [6.07, 6.45) is 1.08. The first-order chi connectivity index (χ1) is 11.0. The minimum atomic E-state index is -0.386. The lowest BCUT2D eigenvalue weighted by Crippen LogP contribution is -2.34. The molecule has 5 heteroatoms. The molecule has 2 rings (SSSR count). The van der Waals surface area contributed by atoms with Gasteiger partial charge in [-0.05, 0) is 66.5 Å². The van der Waals surface area contributed by atoms with Crippen molar-refractivity contribution in [2.24, 2.45) is 0 Å². The fourth-order valence-electron chi connectivity index (χ4n) is 2.07. The molecule has 0 spiro atoms. The zero-order chi connectivity index (χ0) is 16.8. The predicted molar refractivity (Wildman–Crippen MR) is 95.2 cm³/mol. The lowest BCUT2D eigenvalue weighted by Gasteiger charge is -2.12. The van der Waals surface area contributed by atoms with Gasteiger partial charge in [-0.25, -0.2) is 4.39 Å². The maximum absolute atomic E-state index is 12.8. The van der Waals surface area contributed by atoms with Crippen LogP contribution in [0.25, 0.3) is 0 Å². The molecule has 2 aromatic rings. The largest absolute Gasteiger partial charge is 0.332 e. The van der Waals surface area contributed by atoms with E-state index in [1.807, 2.05) is 24.3 Å². The van der Waals surface area contributed by atoms with E-state index in [0.717, 1.165) is 12.1 Å². The van der Waals surface area contributed by atoms with E-state index < -0.39 is 0 Å². The summed E-state index contributed by atoms with van der Waals surface area (Å²) < 4.78 is 12.8. The molecule has 0 fully saturated rings. The smallest absolute Gasteiger partial charge is 0.257 e. The van der Waals surface area contributed by atoms with Gasteiger partial charge in [0.05, 0.1) is 0 Å². The number of carbonyl (C=O) groups is 1. The van der Waals surface area contributed by atoms with Gasteiger partial charge in [-0.1, -0.05) is 26.0 Å². The third-order valence-corrected chi connectivity index (χ3v) is 3.89. The molecule has 2 N–H and O–H groups in total. The van der Waals surface area contributed by atoms with Gasteiger partial charge < -0.3 is 5.32 Å². The van der Waals surface area contributed by atoms with E-state index in [4.69, 9.17) is 12.2 Å². The molecular formula is C18H19FN2OS. The SMILES string of the molecule is CC[C@H](C)c1ccc(NC(=S)NC(=O)c2ccc(F)cc2)cc1. The molecule has 0 radical (unpaired) electrons. The second-order valence-electron chi connectivity index (χ2n) is 5.35. The number of anilines is 1. The lowest BCUT2D eigenvalue weighted by molar-refractivity contribution is 0.0977. The Morgan fingerprint density at radius 3 is 2.30 bits per heavy atom. The van der Waals surface area contributed by atoms with Crippen molar-refractivity contribution >= 4 is 28.9 Å². The van der Waals surface area contributed by atoms with E-state index in [9.17, 15) is 9.18 Å². The zero-order valence-corrected chi connectivity index (χ0v) is 13.9. The topological polar surface area (TPSA) is 41.1 Å². The molecule has 0 aliphatic carbocycles. The van der Waals surface area contributed by atoms with Gasteiger partial charge in [0.2, 0.25) is 0 Å². The van der Waals surface area contributed by atoms with Crippen molar-refractivity contribution < 1.29 is 9.18 Å². The van der Waals surface area contributed by atoms with E-state index >= 15 is 0 Å². The van der Waals surface area contributed by atoms with Crippen LogP contribution < -0.4 is 10.6 Å². The Bertz CT molecular complexity index is 683. The Balaban J connectivity index is 1.94. The standard InChI is InChI=1S/C18H19FN2OS/c1-3-12(2)13-6-10-16(11-7-13)20-18(23)21-17(22)14-4-8-15(19)9-5-14/h4-12H,3H2,1-2H3,(H2,20,21,22,23)/t12-/m0/s1. The summed E-state index contributed by atoms with van der Waals surface area (Å²) in [6, 6.07) is 13.2. The molecule has 0 bridgehead atoms. The first-order valence-corrected chi connectivity index (χ1v) is 7.88. The van der Waals surface area contributed by atoms with Crippen molar-refractivity contribution in [1.82, 2.24) is 5.32 Å². The minimum Gasteiger partial charge on any atom is -0.332 e. The van der Waals surface area contributed by atoms with Crippen LogP contribution in [0.1, 0.15) is 42.1 Å². The predicted octanol–water partition coefficient (Wildman–Crippen LogP) is 4.47. The van der Waals surface area contributed by atoms with Gasteiger partial charge in [0.1, 0.15) is 5.82 Å². The molecule has 2 aromatic carbocycles. The van der Waals surface area contributed by atoms with Gasteiger partial charge in [0.25, 0.3) is 5.91 Å². The highest BCUT2D eigenvalue weighted by atomic mass is 32.1. The molecular weight excluding hydrogens is 311 g/mol. The fourth-order valence-corrected chi connectivity index (χ4v) is 2.28. The van der Waals surface area contributed by atoms with Gasteiger partial charge in [0, 0.05) is 11.3 Å². The third-order valence-electron chi connectivity index (χ3n) is 3.68. The van der Waals surface area contributed by atoms with Crippen LogP contribution in [0.4, 0.5) is 10.1 Å². The molecule has 0 aliphatic rings. The number of nitrogens with one attached hydrogen (secondary N) is 2. The Hall–Kier alpha value is -2.27. The van der Waals surface area contributed by atoms with E-state index in [-0.39, 0.29) is 16.8 Å². The first-order valence-electron chi connectivity index (χ1n) is 7.47. The molecule has 120 valence electrons. The van der Waals surface area contributed by atoms with Crippen LogP contribution in [0.2, 0.25) is 0 Å². The molecule has 1 atom stereocenters. The molecule has 0 aromatic heterocycles. The first kappa shape index (κ1) is 17.1. The number of amides is 1. The molecule has 0 saturated heterocycles. The summed E-state index contributed by atoms with van der Waals surface area (Å²) >= 11 is 5.13. The summed E-state index contributed by atoms with van der Waals surface area (Å²) in [5, 5.41) is 5.74. The van der Waals surface area contributed by atoms with Crippen molar-refractivity contribution in [2.75, 3.05) is 5.32 Å². The van der Waals surface area contributed by atoms with Gasteiger partial charge in [-0.3, -0.25) is 10.1 Å². The molecule has 23 heavy (non-hydrogen) atoms. The van der Waals surface area contributed by atoms with Crippen molar-refractivity contribution in [1.29, 1.82) is 0 Å². The maximum atomic E-state index is 12.8. The number of rotatable bonds is 4. The maximum Gasteiger partial charge on any atom is 0.257 e. The lowest BCUT2D eigenvalue weighted by atomic mass is 9.99. The molecule has 3 nitrogen and oxygen atoms in total. The Labute approximate surface area is 140 Å². The van der Waals surface area contributed by atoms with Crippen molar-refractivity contribution in [3.05, 3.63) is 65.5 Å². The number of hydrogen-bond acceptors (Lipinski definition) is 2. The number of carbonyl (C=O) groups excluding carboxylic acids is 1. The second-order valence-corrected chi connectivity index (χ2v) is 5.75. The Morgan fingerprint density at radius 1 is 1.13 bits per heavy atom. The van der Waals surface area contributed by atoms with Crippen LogP contribution >= 0.6 is 12.2 Å². The van der Waals surface area contributed by atoms with Crippen LogP contribution in [-0.2, 0) is 0 Å². The van der Waals surface area contributed by atoms with Crippen LogP contribution in [0.15, 0.2) is 48.5 Å². The average molecular weight is 330 g/mol.